The van der Waals surface area contributed by atoms with Crippen LogP contribution in [-0.4, -0.2) is 27.1 Å². The smallest absolute Gasteiger partial charge is 0.354 e. The summed E-state index contributed by atoms with van der Waals surface area (Å²) in [5.41, 5.74) is 1.91. The molecule has 0 fully saturated rings. The highest BCUT2D eigenvalue weighted by molar-refractivity contribution is 6.07. The molecule has 0 unspecified atom stereocenters. The number of benzene rings is 1. The molecule has 104 valence electrons. The van der Waals surface area contributed by atoms with Crippen LogP contribution in [0.15, 0.2) is 30.3 Å². The van der Waals surface area contributed by atoms with Crippen molar-refractivity contribution >= 4 is 17.6 Å². The maximum absolute atomic E-state index is 12.0. The summed E-state index contributed by atoms with van der Waals surface area (Å²) in [6.07, 6.45) is 0. The predicted molar refractivity (Wildman–Crippen MR) is 72.8 cm³/mol. The number of aromatic amines is 1. The number of hydrogen-bond acceptors (Lipinski definition) is 3. The van der Waals surface area contributed by atoms with Gasteiger partial charge in [-0.3, -0.25) is 4.79 Å². The Bertz CT molecular complexity index is 644. The molecule has 0 bridgehead atoms. The molecule has 1 amide bonds. The van der Waals surface area contributed by atoms with Gasteiger partial charge in [-0.05, 0) is 30.7 Å². The molecule has 2 aromatic rings. The Hall–Kier alpha value is -2.60. The van der Waals surface area contributed by atoms with E-state index in [1.807, 2.05) is 0 Å². The molecule has 4 N–H and O–H groups in total. The van der Waals surface area contributed by atoms with Crippen molar-refractivity contribution in [3.8, 4) is 0 Å². The second kappa shape index (κ2) is 5.58. The number of carbonyl (C=O) groups is 2. The Kier molecular flexibility index (Phi) is 3.86. The number of rotatable bonds is 4. The summed E-state index contributed by atoms with van der Waals surface area (Å²) in [5.74, 6) is -1.54. The van der Waals surface area contributed by atoms with Gasteiger partial charge < -0.3 is 20.5 Å². The van der Waals surface area contributed by atoms with Crippen LogP contribution in [0.1, 0.15) is 32.1 Å². The Morgan fingerprint density at radius 2 is 1.90 bits per heavy atom. The molecule has 1 aromatic carbocycles. The van der Waals surface area contributed by atoms with Crippen molar-refractivity contribution in [3.63, 3.8) is 0 Å². The van der Waals surface area contributed by atoms with Gasteiger partial charge in [0.25, 0.3) is 5.91 Å². The normalized spacial score (nSPS) is 10.3. The summed E-state index contributed by atoms with van der Waals surface area (Å²) in [6, 6.07) is 7.97. The second-order valence-electron chi connectivity index (χ2n) is 4.36. The number of carbonyl (C=O) groups excluding carboxylic acids is 1. The largest absolute Gasteiger partial charge is 0.477 e. The van der Waals surface area contributed by atoms with E-state index in [0.29, 0.717) is 16.8 Å². The van der Waals surface area contributed by atoms with E-state index in [2.05, 4.69) is 10.3 Å². The molecular weight excluding hydrogens is 260 g/mol. The van der Waals surface area contributed by atoms with E-state index in [0.717, 1.165) is 0 Å². The molecular formula is C14H14N2O4. The summed E-state index contributed by atoms with van der Waals surface area (Å²) in [6.45, 7) is 1.61. The fourth-order valence-corrected chi connectivity index (χ4v) is 1.81. The highest BCUT2D eigenvalue weighted by atomic mass is 16.4. The number of anilines is 1. The first kappa shape index (κ1) is 13.8. The molecule has 6 heteroatoms. The van der Waals surface area contributed by atoms with E-state index in [4.69, 9.17) is 10.2 Å². The average Bonchev–Trinajstić information content (AvgIpc) is 2.80. The van der Waals surface area contributed by atoms with Crippen LogP contribution in [0.2, 0.25) is 0 Å². The van der Waals surface area contributed by atoms with Crippen LogP contribution in [0.25, 0.3) is 0 Å². The third-order valence-electron chi connectivity index (χ3n) is 2.81. The molecule has 0 aliphatic heterocycles. The number of carboxylic acids is 1. The number of carboxylic acid groups (broad SMARTS) is 1. The van der Waals surface area contributed by atoms with E-state index in [1.165, 1.54) is 0 Å². The molecule has 6 nitrogen and oxygen atoms in total. The zero-order valence-corrected chi connectivity index (χ0v) is 10.8. The summed E-state index contributed by atoms with van der Waals surface area (Å²) >= 11 is 0. The Morgan fingerprint density at radius 3 is 2.45 bits per heavy atom. The molecule has 0 saturated carbocycles. The summed E-state index contributed by atoms with van der Waals surface area (Å²) in [7, 11) is 0. The number of H-pyrrole nitrogens is 1. The van der Waals surface area contributed by atoms with Crippen LogP contribution in [0.5, 0.6) is 0 Å². The number of aromatic nitrogens is 1. The minimum atomic E-state index is -1.14. The van der Waals surface area contributed by atoms with Gasteiger partial charge in [0.15, 0.2) is 0 Å². The third kappa shape index (κ3) is 2.86. The first-order valence-electron chi connectivity index (χ1n) is 5.95. The highest BCUT2D eigenvalue weighted by Crippen LogP contribution is 2.18. The van der Waals surface area contributed by atoms with Crippen LogP contribution >= 0.6 is 0 Å². The van der Waals surface area contributed by atoms with Gasteiger partial charge in [0.05, 0.1) is 12.3 Å². The van der Waals surface area contributed by atoms with Crippen LogP contribution in [0.3, 0.4) is 0 Å². The zero-order valence-electron chi connectivity index (χ0n) is 10.8. The van der Waals surface area contributed by atoms with Gasteiger partial charge in [0.2, 0.25) is 0 Å². The molecule has 0 saturated heterocycles. The first-order valence-corrected chi connectivity index (χ1v) is 5.95. The number of amides is 1. The van der Waals surface area contributed by atoms with Crippen molar-refractivity contribution < 1.29 is 19.8 Å². The van der Waals surface area contributed by atoms with Crippen molar-refractivity contribution in [1.29, 1.82) is 0 Å². The quantitative estimate of drug-likeness (QED) is 0.682. The number of aryl methyl sites for hydroxylation is 1. The SMILES string of the molecule is Cc1cc(NC(=O)c2ccc(CO)cc2)c(C(=O)O)[nH]1. The van der Waals surface area contributed by atoms with Gasteiger partial charge >= 0.3 is 5.97 Å². The number of nitrogens with one attached hydrogen (secondary N) is 2. The highest BCUT2D eigenvalue weighted by Gasteiger charge is 2.16. The molecule has 2 rings (SSSR count). The van der Waals surface area contributed by atoms with Gasteiger partial charge in [-0.1, -0.05) is 12.1 Å². The lowest BCUT2D eigenvalue weighted by Gasteiger charge is -2.05. The number of aromatic carboxylic acids is 1. The van der Waals surface area contributed by atoms with Crippen LogP contribution in [0, 0.1) is 6.92 Å². The van der Waals surface area contributed by atoms with Crippen molar-refractivity contribution in [2.24, 2.45) is 0 Å². The van der Waals surface area contributed by atoms with Crippen molar-refractivity contribution in [2.75, 3.05) is 5.32 Å². The minimum absolute atomic E-state index is 0.0529. The molecule has 0 aliphatic carbocycles. The number of aliphatic hydroxyl groups is 1. The maximum atomic E-state index is 12.0. The first-order chi connectivity index (χ1) is 9.51. The third-order valence-corrected chi connectivity index (χ3v) is 2.81. The van der Waals surface area contributed by atoms with Gasteiger partial charge in [0, 0.05) is 11.3 Å². The molecule has 1 heterocycles. The van der Waals surface area contributed by atoms with Crippen molar-refractivity contribution in [1.82, 2.24) is 4.98 Å². The van der Waals surface area contributed by atoms with E-state index < -0.39 is 11.9 Å². The number of aliphatic hydroxyl groups excluding tert-OH is 1. The fraction of sp³-hybridized carbons (Fsp3) is 0.143. The molecule has 0 radical (unpaired) electrons. The minimum Gasteiger partial charge on any atom is -0.477 e. The summed E-state index contributed by atoms with van der Waals surface area (Å²) in [5, 5.41) is 20.5. The molecule has 0 aliphatic rings. The Balaban J connectivity index is 2.20. The molecule has 0 spiro atoms. The fourth-order valence-electron chi connectivity index (χ4n) is 1.81. The average molecular weight is 274 g/mol. The number of hydrogen-bond donors (Lipinski definition) is 4. The van der Waals surface area contributed by atoms with Gasteiger partial charge in [0.1, 0.15) is 5.69 Å². The predicted octanol–water partition coefficient (Wildman–Crippen LogP) is 1.77. The van der Waals surface area contributed by atoms with Gasteiger partial charge in [-0.15, -0.1) is 0 Å². The van der Waals surface area contributed by atoms with E-state index in [-0.39, 0.29) is 18.0 Å². The van der Waals surface area contributed by atoms with Gasteiger partial charge in [-0.2, -0.15) is 0 Å². The molecule has 1 aromatic heterocycles. The van der Waals surface area contributed by atoms with Gasteiger partial charge in [-0.25, -0.2) is 4.79 Å². The van der Waals surface area contributed by atoms with Crippen molar-refractivity contribution in [3.05, 3.63) is 52.8 Å². The maximum Gasteiger partial charge on any atom is 0.354 e. The lowest BCUT2D eigenvalue weighted by molar-refractivity contribution is 0.0692. The molecule has 20 heavy (non-hydrogen) atoms. The van der Waals surface area contributed by atoms with E-state index in [1.54, 1.807) is 37.3 Å². The van der Waals surface area contributed by atoms with E-state index >= 15 is 0 Å². The topological polar surface area (TPSA) is 102 Å². The van der Waals surface area contributed by atoms with Crippen LogP contribution in [0.4, 0.5) is 5.69 Å². The van der Waals surface area contributed by atoms with E-state index in [9.17, 15) is 9.59 Å². The Morgan fingerprint density at radius 1 is 1.25 bits per heavy atom. The zero-order chi connectivity index (χ0) is 14.7. The van der Waals surface area contributed by atoms with Crippen LogP contribution in [-0.2, 0) is 6.61 Å². The summed E-state index contributed by atoms with van der Waals surface area (Å²) < 4.78 is 0. The standard InChI is InChI=1S/C14H14N2O4/c1-8-6-11(12(15-8)14(19)20)16-13(18)10-4-2-9(7-17)3-5-10/h2-6,15,17H,7H2,1H3,(H,16,18)(H,19,20). The summed E-state index contributed by atoms with van der Waals surface area (Å²) in [4.78, 5) is 25.7. The lowest BCUT2D eigenvalue weighted by Crippen LogP contribution is -2.14. The molecule has 0 atom stereocenters. The monoisotopic (exact) mass is 274 g/mol. The second-order valence-corrected chi connectivity index (χ2v) is 4.36. The van der Waals surface area contributed by atoms with Crippen LogP contribution < -0.4 is 5.32 Å². The van der Waals surface area contributed by atoms with Crippen molar-refractivity contribution in [2.45, 2.75) is 13.5 Å². The lowest BCUT2D eigenvalue weighted by atomic mass is 10.1. The Labute approximate surface area is 115 Å².